The SMILES string of the molecule is NCc1cc(S(=O)(=O)NC2CCN(C3CC3)C2)c(Br)o1. The maximum atomic E-state index is 12.4. The minimum atomic E-state index is -3.57. The summed E-state index contributed by atoms with van der Waals surface area (Å²) in [6, 6.07) is 2.12. The van der Waals surface area contributed by atoms with Crippen LogP contribution < -0.4 is 10.5 Å². The molecule has 0 amide bonds. The fourth-order valence-electron chi connectivity index (χ4n) is 2.62. The van der Waals surface area contributed by atoms with Gasteiger partial charge in [0.15, 0.2) is 4.67 Å². The topological polar surface area (TPSA) is 88.6 Å². The third-order valence-electron chi connectivity index (χ3n) is 3.80. The molecule has 2 heterocycles. The van der Waals surface area contributed by atoms with Gasteiger partial charge in [0.2, 0.25) is 10.0 Å². The van der Waals surface area contributed by atoms with E-state index in [4.69, 9.17) is 10.2 Å². The third kappa shape index (κ3) is 2.94. The molecule has 112 valence electrons. The Kier molecular flexibility index (Phi) is 3.93. The van der Waals surface area contributed by atoms with E-state index in [1.807, 2.05) is 0 Å². The molecule has 0 bridgehead atoms. The van der Waals surface area contributed by atoms with Gasteiger partial charge in [0.25, 0.3) is 0 Å². The number of hydrogen-bond donors (Lipinski definition) is 2. The van der Waals surface area contributed by atoms with Crippen LogP contribution >= 0.6 is 15.9 Å². The summed E-state index contributed by atoms with van der Waals surface area (Å²) in [4.78, 5) is 2.49. The molecule has 3 rings (SSSR count). The van der Waals surface area contributed by atoms with Crippen LogP contribution in [0.1, 0.15) is 25.0 Å². The number of rotatable bonds is 5. The number of furan rings is 1. The van der Waals surface area contributed by atoms with Gasteiger partial charge >= 0.3 is 0 Å². The second-order valence-electron chi connectivity index (χ2n) is 5.39. The molecule has 1 unspecified atom stereocenters. The van der Waals surface area contributed by atoms with Gasteiger partial charge in [-0.25, -0.2) is 13.1 Å². The zero-order valence-electron chi connectivity index (χ0n) is 11.0. The molecule has 0 aromatic carbocycles. The summed E-state index contributed by atoms with van der Waals surface area (Å²) in [5, 5.41) is 0. The van der Waals surface area contributed by atoms with Crippen molar-refractivity contribution in [3.63, 3.8) is 0 Å². The lowest BCUT2D eigenvalue weighted by molar-refractivity contribution is 0.322. The average molecular weight is 364 g/mol. The third-order valence-corrected chi connectivity index (χ3v) is 6.18. The molecule has 1 saturated carbocycles. The highest BCUT2D eigenvalue weighted by Gasteiger charge is 2.36. The number of nitrogens with two attached hydrogens (primary N) is 1. The Morgan fingerprint density at radius 3 is 2.80 bits per heavy atom. The van der Waals surface area contributed by atoms with Crippen molar-refractivity contribution in [2.24, 2.45) is 5.73 Å². The predicted octanol–water partition coefficient (Wildman–Crippen LogP) is 1.02. The number of halogens is 1. The Balaban J connectivity index is 1.70. The van der Waals surface area contributed by atoms with Gasteiger partial charge in [-0.1, -0.05) is 0 Å². The summed E-state index contributed by atoms with van der Waals surface area (Å²) in [6.07, 6.45) is 3.34. The second kappa shape index (κ2) is 5.42. The van der Waals surface area contributed by atoms with Gasteiger partial charge in [0.1, 0.15) is 10.7 Å². The Bertz CT molecular complexity index is 597. The average Bonchev–Trinajstić information content (AvgIpc) is 3.02. The van der Waals surface area contributed by atoms with Crippen LogP contribution in [-0.4, -0.2) is 38.5 Å². The van der Waals surface area contributed by atoms with E-state index < -0.39 is 10.0 Å². The van der Waals surface area contributed by atoms with Crippen LogP contribution in [0, 0.1) is 0 Å². The summed E-state index contributed by atoms with van der Waals surface area (Å²) < 4.78 is 33.0. The van der Waals surface area contributed by atoms with Crippen LogP contribution in [0.15, 0.2) is 20.0 Å². The van der Waals surface area contributed by atoms with Gasteiger partial charge in [-0.05, 0) is 35.2 Å². The van der Waals surface area contributed by atoms with Crippen molar-refractivity contribution in [1.82, 2.24) is 9.62 Å². The smallest absolute Gasteiger partial charge is 0.245 e. The fraction of sp³-hybridized carbons (Fsp3) is 0.667. The molecule has 1 atom stereocenters. The van der Waals surface area contributed by atoms with Gasteiger partial charge in [0.05, 0.1) is 6.54 Å². The molecule has 6 nitrogen and oxygen atoms in total. The molecule has 3 N–H and O–H groups in total. The summed E-state index contributed by atoms with van der Waals surface area (Å²) >= 11 is 3.14. The summed E-state index contributed by atoms with van der Waals surface area (Å²) in [7, 11) is -3.57. The van der Waals surface area contributed by atoms with Crippen molar-refractivity contribution in [3.05, 3.63) is 16.5 Å². The summed E-state index contributed by atoms with van der Waals surface area (Å²) in [6.45, 7) is 1.94. The molecule has 1 aliphatic carbocycles. The first-order valence-corrected chi connectivity index (χ1v) is 9.02. The Morgan fingerprint density at radius 2 is 2.20 bits per heavy atom. The van der Waals surface area contributed by atoms with Crippen molar-refractivity contribution in [1.29, 1.82) is 0 Å². The van der Waals surface area contributed by atoms with Crippen molar-refractivity contribution in [2.45, 2.75) is 42.8 Å². The van der Waals surface area contributed by atoms with E-state index in [2.05, 4.69) is 25.6 Å². The molecular weight excluding hydrogens is 346 g/mol. The fourth-order valence-corrected chi connectivity index (χ4v) is 4.88. The molecule has 20 heavy (non-hydrogen) atoms. The van der Waals surface area contributed by atoms with E-state index in [9.17, 15) is 8.42 Å². The van der Waals surface area contributed by atoms with Crippen LogP contribution in [0.4, 0.5) is 0 Å². The van der Waals surface area contributed by atoms with Crippen LogP contribution in [0.2, 0.25) is 0 Å². The lowest BCUT2D eigenvalue weighted by atomic mass is 10.3. The first-order chi connectivity index (χ1) is 9.49. The van der Waals surface area contributed by atoms with Gasteiger partial charge in [-0.3, -0.25) is 4.90 Å². The number of nitrogens with one attached hydrogen (secondary N) is 1. The highest BCUT2D eigenvalue weighted by atomic mass is 79.9. The maximum Gasteiger partial charge on any atom is 0.245 e. The monoisotopic (exact) mass is 363 g/mol. The first-order valence-electron chi connectivity index (χ1n) is 6.74. The van der Waals surface area contributed by atoms with Crippen molar-refractivity contribution < 1.29 is 12.8 Å². The Labute approximate surface area is 126 Å². The molecule has 0 radical (unpaired) electrons. The number of likely N-dealkylation sites (tertiary alicyclic amines) is 1. The lowest BCUT2D eigenvalue weighted by Crippen LogP contribution is -2.37. The molecular formula is C12H18BrN3O3S. The quantitative estimate of drug-likeness (QED) is 0.814. The van der Waals surface area contributed by atoms with Gasteiger partial charge in [0, 0.05) is 31.2 Å². The van der Waals surface area contributed by atoms with Gasteiger partial charge in [-0.2, -0.15) is 0 Å². The first kappa shape index (κ1) is 14.5. The molecule has 2 aliphatic rings. The number of hydrogen-bond acceptors (Lipinski definition) is 5. The molecule has 8 heteroatoms. The zero-order chi connectivity index (χ0) is 14.3. The zero-order valence-corrected chi connectivity index (χ0v) is 13.4. The van der Waals surface area contributed by atoms with Gasteiger partial charge in [-0.15, -0.1) is 0 Å². The van der Waals surface area contributed by atoms with Gasteiger partial charge < -0.3 is 10.2 Å². The largest absolute Gasteiger partial charge is 0.452 e. The highest BCUT2D eigenvalue weighted by Crippen LogP contribution is 2.31. The number of nitrogens with zero attached hydrogens (tertiary/aromatic N) is 1. The number of sulfonamides is 1. The van der Waals surface area contributed by atoms with E-state index in [-0.39, 0.29) is 22.2 Å². The minimum absolute atomic E-state index is 0.0243. The molecule has 1 aromatic heterocycles. The normalized spacial score (nSPS) is 24.4. The lowest BCUT2D eigenvalue weighted by Gasteiger charge is -2.15. The van der Waals surface area contributed by atoms with Crippen LogP contribution in [0.3, 0.4) is 0 Å². The van der Waals surface area contributed by atoms with Crippen molar-refractivity contribution >= 4 is 26.0 Å². The Morgan fingerprint density at radius 1 is 1.45 bits per heavy atom. The van der Waals surface area contributed by atoms with E-state index >= 15 is 0 Å². The van der Waals surface area contributed by atoms with E-state index in [0.717, 1.165) is 19.5 Å². The molecule has 2 fully saturated rings. The van der Waals surface area contributed by atoms with Crippen molar-refractivity contribution in [2.75, 3.05) is 13.1 Å². The summed E-state index contributed by atoms with van der Waals surface area (Å²) in [5.41, 5.74) is 5.46. The van der Waals surface area contributed by atoms with Crippen molar-refractivity contribution in [3.8, 4) is 0 Å². The van der Waals surface area contributed by atoms with E-state index in [1.54, 1.807) is 0 Å². The standard InChI is InChI=1S/C12H18BrN3O3S/c13-12-11(5-10(6-14)19-12)20(17,18)15-8-3-4-16(7-8)9-1-2-9/h5,8-9,15H,1-4,6-7,14H2. The second-order valence-corrected chi connectivity index (χ2v) is 7.79. The summed E-state index contributed by atoms with van der Waals surface area (Å²) in [5.74, 6) is 0.447. The molecule has 0 spiro atoms. The molecule has 1 saturated heterocycles. The Hall–Kier alpha value is -0.410. The van der Waals surface area contributed by atoms with Crippen LogP contribution in [0.25, 0.3) is 0 Å². The van der Waals surface area contributed by atoms with Crippen LogP contribution in [-0.2, 0) is 16.6 Å². The molecule has 1 aliphatic heterocycles. The molecule has 1 aromatic rings. The predicted molar refractivity (Wildman–Crippen MR) is 77.6 cm³/mol. The highest BCUT2D eigenvalue weighted by molar-refractivity contribution is 9.10. The maximum absolute atomic E-state index is 12.4. The van der Waals surface area contributed by atoms with E-state index in [0.29, 0.717) is 11.8 Å². The van der Waals surface area contributed by atoms with Crippen LogP contribution in [0.5, 0.6) is 0 Å². The minimum Gasteiger partial charge on any atom is -0.452 e. The van der Waals surface area contributed by atoms with E-state index in [1.165, 1.54) is 18.9 Å².